The number of nitrogens with zero attached hydrogens (tertiary/aromatic N) is 2. The van der Waals surface area contributed by atoms with Crippen LogP contribution < -0.4 is 14.9 Å². The molecular formula is C38H37Cl2N3O7. The third-order valence-corrected chi connectivity index (χ3v) is 11.3. The van der Waals surface area contributed by atoms with Crippen LogP contribution in [-0.2, 0) is 24.6 Å². The van der Waals surface area contributed by atoms with E-state index in [1.165, 1.54) is 24.1 Å². The van der Waals surface area contributed by atoms with Crippen LogP contribution in [-0.4, -0.2) is 58.4 Å². The Balaban J connectivity index is 1.48. The molecule has 2 aliphatic heterocycles. The van der Waals surface area contributed by atoms with E-state index >= 15 is 4.79 Å². The SMILES string of the molecule is COc1ccc(C23C(=O)N(Nc4ccc(Cl)cc4Cl)C(=O)C2CC2C(=CCC4C(=O)N(C(C)(C)C)C(=O)C42)C3c2ccc(O)c(OC)c2)cc1. The number of ether oxygens (including phenoxy) is 2. The molecule has 0 spiro atoms. The van der Waals surface area contributed by atoms with Gasteiger partial charge in [0, 0.05) is 16.5 Å². The van der Waals surface area contributed by atoms with Crippen LogP contribution >= 0.6 is 23.2 Å². The number of phenolic OH excluding ortho intramolecular Hbond substituents is 1. The van der Waals surface area contributed by atoms with E-state index < -0.39 is 52.4 Å². The average Bonchev–Trinajstić information content (AvgIpc) is 3.47. The average molecular weight is 719 g/mol. The van der Waals surface area contributed by atoms with Crippen molar-refractivity contribution >= 4 is 52.5 Å². The molecule has 2 heterocycles. The fourth-order valence-electron chi connectivity index (χ4n) is 8.75. The van der Waals surface area contributed by atoms with Crippen molar-refractivity contribution in [1.29, 1.82) is 0 Å². The third kappa shape index (κ3) is 4.90. The molecule has 0 aromatic heterocycles. The van der Waals surface area contributed by atoms with Gasteiger partial charge in [-0.2, -0.15) is 5.01 Å². The van der Waals surface area contributed by atoms with E-state index in [0.717, 1.165) is 10.6 Å². The van der Waals surface area contributed by atoms with Gasteiger partial charge < -0.3 is 14.6 Å². The number of allylic oxidation sites excluding steroid dienone is 2. The summed E-state index contributed by atoms with van der Waals surface area (Å²) in [6, 6.07) is 16.7. The molecule has 3 aromatic carbocycles. The van der Waals surface area contributed by atoms with Crippen LogP contribution in [0.15, 0.2) is 72.3 Å². The van der Waals surface area contributed by atoms with Crippen LogP contribution in [0.25, 0.3) is 0 Å². The number of hydrogen-bond donors (Lipinski definition) is 2. The van der Waals surface area contributed by atoms with Crippen molar-refractivity contribution in [3.8, 4) is 17.2 Å². The number of carbonyl (C=O) groups excluding carboxylic acids is 4. The molecule has 1 saturated carbocycles. The van der Waals surface area contributed by atoms with Gasteiger partial charge in [0.15, 0.2) is 11.5 Å². The van der Waals surface area contributed by atoms with Gasteiger partial charge in [-0.15, -0.1) is 0 Å². The Morgan fingerprint density at radius 3 is 2.24 bits per heavy atom. The minimum atomic E-state index is -1.53. The van der Waals surface area contributed by atoms with E-state index in [-0.39, 0.29) is 34.8 Å². The second kappa shape index (κ2) is 12.1. The van der Waals surface area contributed by atoms with Crippen molar-refractivity contribution in [2.45, 2.75) is 50.5 Å². The van der Waals surface area contributed by atoms with E-state index in [4.69, 9.17) is 32.7 Å². The van der Waals surface area contributed by atoms with E-state index in [2.05, 4.69) is 5.43 Å². The summed E-state index contributed by atoms with van der Waals surface area (Å²) in [5.74, 6) is -4.48. The number of likely N-dealkylation sites (tertiary alicyclic amines) is 1. The van der Waals surface area contributed by atoms with Crippen LogP contribution in [0.1, 0.15) is 50.7 Å². The molecule has 260 valence electrons. The van der Waals surface area contributed by atoms with Gasteiger partial charge in [0.1, 0.15) is 5.75 Å². The highest BCUT2D eigenvalue weighted by Gasteiger charge is 2.70. The van der Waals surface area contributed by atoms with Gasteiger partial charge in [0.2, 0.25) is 11.8 Å². The van der Waals surface area contributed by atoms with E-state index in [9.17, 15) is 19.5 Å². The minimum Gasteiger partial charge on any atom is -0.504 e. The quantitative estimate of drug-likeness (QED) is 0.219. The number of amides is 4. The zero-order chi connectivity index (χ0) is 35.9. The second-order valence-electron chi connectivity index (χ2n) is 14.3. The Morgan fingerprint density at radius 2 is 1.60 bits per heavy atom. The topological polar surface area (TPSA) is 125 Å². The molecule has 7 rings (SSSR count). The maximum Gasteiger partial charge on any atom is 0.260 e. The fraction of sp³-hybridized carbons (Fsp3) is 0.368. The lowest BCUT2D eigenvalue weighted by molar-refractivity contribution is -0.146. The van der Waals surface area contributed by atoms with Crippen LogP contribution in [0.5, 0.6) is 17.2 Å². The van der Waals surface area contributed by atoms with Gasteiger partial charge in [-0.1, -0.05) is 53.1 Å². The zero-order valence-electron chi connectivity index (χ0n) is 28.2. The minimum absolute atomic E-state index is 0.0942. The standard InChI is InChI=1S/C38H37Cl2N3O7/c1-37(2,3)42-33(45)24-13-12-23-25(31(24)35(42)47)18-26-34(46)43(41-28-14-9-21(39)17-27(28)40)36(48)38(26,20-7-10-22(49-4)11-8-20)32(23)19-6-15-29(44)30(16-19)50-5/h6-12,14-17,24-26,31-32,41,44H,13,18H2,1-5H3. The van der Waals surface area contributed by atoms with E-state index in [1.54, 1.807) is 55.6 Å². The fourth-order valence-corrected chi connectivity index (χ4v) is 9.20. The van der Waals surface area contributed by atoms with Crippen LogP contribution in [0, 0.1) is 23.7 Å². The number of methoxy groups -OCH3 is 2. The van der Waals surface area contributed by atoms with Gasteiger partial charge in [0.05, 0.1) is 48.1 Å². The van der Waals surface area contributed by atoms with Crippen LogP contribution in [0.2, 0.25) is 10.0 Å². The van der Waals surface area contributed by atoms with Crippen LogP contribution in [0.4, 0.5) is 5.69 Å². The highest BCUT2D eigenvalue weighted by molar-refractivity contribution is 6.36. The summed E-state index contributed by atoms with van der Waals surface area (Å²) in [5, 5.41) is 12.2. The number of aromatic hydroxyl groups is 1. The Hall–Kier alpha value is -4.54. The molecule has 3 aromatic rings. The van der Waals surface area contributed by atoms with Crippen molar-refractivity contribution < 1.29 is 33.8 Å². The van der Waals surface area contributed by atoms with Crippen molar-refractivity contribution in [2.75, 3.05) is 19.6 Å². The van der Waals surface area contributed by atoms with Gasteiger partial charge in [-0.3, -0.25) is 29.5 Å². The van der Waals surface area contributed by atoms with Crippen molar-refractivity contribution in [2.24, 2.45) is 23.7 Å². The molecule has 0 radical (unpaired) electrons. The summed E-state index contributed by atoms with van der Waals surface area (Å²) in [6.07, 6.45) is 2.42. The number of halogens is 2. The summed E-state index contributed by atoms with van der Waals surface area (Å²) < 4.78 is 11.0. The van der Waals surface area contributed by atoms with E-state index in [1.807, 2.05) is 26.8 Å². The monoisotopic (exact) mass is 717 g/mol. The molecule has 6 unspecified atom stereocenters. The maximum atomic E-state index is 15.3. The summed E-state index contributed by atoms with van der Waals surface area (Å²) >= 11 is 12.7. The van der Waals surface area contributed by atoms with Gasteiger partial charge in [-0.05, 0) is 93.1 Å². The van der Waals surface area contributed by atoms with Gasteiger partial charge in [-0.25, -0.2) is 0 Å². The molecule has 4 aliphatic rings. The first kappa shape index (κ1) is 33.9. The number of nitrogens with one attached hydrogen (secondary N) is 1. The lowest BCUT2D eigenvalue weighted by Crippen LogP contribution is -2.53. The summed E-state index contributed by atoms with van der Waals surface area (Å²) in [5.41, 5.74) is 2.98. The number of phenols is 1. The Kier molecular flexibility index (Phi) is 8.18. The Labute approximate surface area is 299 Å². The first-order valence-corrected chi connectivity index (χ1v) is 17.2. The molecule has 4 amide bonds. The van der Waals surface area contributed by atoms with Crippen molar-refractivity contribution in [1.82, 2.24) is 9.91 Å². The molecule has 2 saturated heterocycles. The Morgan fingerprint density at radius 1 is 0.880 bits per heavy atom. The number of fused-ring (bicyclic) bond motifs is 4. The number of benzene rings is 3. The highest BCUT2D eigenvalue weighted by Crippen LogP contribution is 2.64. The third-order valence-electron chi connectivity index (χ3n) is 10.8. The summed E-state index contributed by atoms with van der Waals surface area (Å²) in [4.78, 5) is 59.6. The molecule has 2 N–H and O–H groups in total. The van der Waals surface area contributed by atoms with E-state index in [0.29, 0.717) is 34.0 Å². The van der Waals surface area contributed by atoms with Crippen molar-refractivity contribution in [3.05, 3.63) is 93.5 Å². The van der Waals surface area contributed by atoms with Gasteiger partial charge >= 0.3 is 0 Å². The predicted molar refractivity (Wildman–Crippen MR) is 187 cm³/mol. The number of hydrogen-bond acceptors (Lipinski definition) is 8. The molecule has 12 heteroatoms. The molecule has 3 fully saturated rings. The molecule has 50 heavy (non-hydrogen) atoms. The zero-order valence-corrected chi connectivity index (χ0v) is 29.7. The molecular weight excluding hydrogens is 681 g/mol. The van der Waals surface area contributed by atoms with Gasteiger partial charge in [0.25, 0.3) is 11.8 Å². The molecule has 2 aliphatic carbocycles. The maximum absolute atomic E-state index is 15.3. The number of hydrazine groups is 1. The smallest absolute Gasteiger partial charge is 0.260 e. The molecule has 0 bridgehead atoms. The number of carbonyl (C=O) groups is 4. The normalized spacial score (nSPS) is 27.5. The highest BCUT2D eigenvalue weighted by atomic mass is 35.5. The Bertz CT molecular complexity index is 1970. The van der Waals surface area contributed by atoms with Crippen LogP contribution in [0.3, 0.4) is 0 Å². The van der Waals surface area contributed by atoms with Crippen molar-refractivity contribution in [3.63, 3.8) is 0 Å². The first-order chi connectivity index (χ1) is 23.7. The number of rotatable bonds is 6. The lowest BCUT2D eigenvalue weighted by atomic mass is 9.49. The predicted octanol–water partition coefficient (Wildman–Crippen LogP) is 6.50. The molecule has 6 atom stereocenters. The lowest BCUT2D eigenvalue weighted by Gasteiger charge is -2.50. The first-order valence-electron chi connectivity index (χ1n) is 16.4. The summed E-state index contributed by atoms with van der Waals surface area (Å²) in [6.45, 7) is 5.50. The largest absolute Gasteiger partial charge is 0.504 e. The number of anilines is 1. The summed E-state index contributed by atoms with van der Waals surface area (Å²) in [7, 11) is 2.98. The molecule has 10 nitrogen and oxygen atoms in total. The second-order valence-corrected chi connectivity index (χ2v) is 15.2. The number of imide groups is 2.